The molecule has 0 aliphatic carbocycles. The van der Waals surface area contributed by atoms with Gasteiger partial charge in [0.2, 0.25) is 0 Å². The fourth-order valence-electron chi connectivity index (χ4n) is 2.08. The predicted molar refractivity (Wildman–Crippen MR) is 74.5 cm³/mol. The molecule has 0 saturated heterocycles. The van der Waals surface area contributed by atoms with E-state index in [1.54, 1.807) is 12.1 Å². The summed E-state index contributed by atoms with van der Waals surface area (Å²) in [5.74, 6) is 0.308. The normalized spacial score (nSPS) is 12.3. The van der Waals surface area contributed by atoms with Crippen molar-refractivity contribution in [1.29, 1.82) is 0 Å². The van der Waals surface area contributed by atoms with Crippen molar-refractivity contribution >= 4 is 0 Å². The van der Waals surface area contributed by atoms with Crippen LogP contribution in [0, 0.1) is 0 Å². The Kier molecular flexibility index (Phi) is 4.37. The van der Waals surface area contributed by atoms with Crippen molar-refractivity contribution < 1.29 is 5.11 Å². The van der Waals surface area contributed by atoms with E-state index in [1.807, 2.05) is 18.2 Å². The highest BCUT2D eigenvalue weighted by Gasteiger charge is 2.05. The molecule has 0 radical (unpaired) electrons. The van der Waals surface area contributed by atoms with Crippen LogP contribution < -0.4 is 5.73 Å². The Balaban J connectivity index is 1.84. The van der Waals surface area contributed by atoms with Crippen molar-refractivity contribution in [3.63, 3.8) is 0 Å². The number of rotatable bonds is 5. The van der Waals surface area contributed by atoms with Crippen LogP contribution in [-0.2, 0) is 12.8 Å². The van der Waals surface area contributed by atoms with Gasteiger partial charge >= 0.3 is 0 Å². The molecule has 0 aromatic heterocycles. The van der Waals surface area contributed by atoms with Crippen molar-refractivity contribution in [3.05, 3.63) is 65.7 Å². The Hall–Kier alpha value is -1.80. The summed E-state index contributed by atoms with van der Waals surface area (Å²) in [4.78, 5) is 0. The summed E-state index contributed by atoms with van der Waals surface area (Å²) in [6, 6.07) is 17.8. The van der Waals surface area contributed by atoms with Gasteiger partial charge in [-0.1, -0.05) is 42.5 Å². The van der Waals surface area contributed by atoms with Gasteiger partial charge in [0.1, 0.15) is 5.75 Å². The smallest absolute Gasteiger partial charge is 0.115 e. The maximum absolute atomic E-state index is 9.39. The first kappa shape index (κ1) is 12.7. The van der Waals surface area contributed by atoms with Crippen LogP contribution in [0.5, 0.6) is 5.75 Å². The summed E-state index contributed by atoms with van der Waals surface area (Å²) in [7, 11) is 0. The average Bonchev–Trinajstić information content (AvgIpc) is 2.38. The van der Waals surface area contributed by atoms with Crippen LogP contribution in [0.25, 0.3) is 0 Å². The quantitative estimate of drug-likeness (QED) is 0.845. The molecule has 0 fully saturated rings. The third-order valence-corrected chi connectivity index (χ3v) is 3.06. The molecule has 2 aromatic carbocycles. The number of hydrogen-bond donors (Lipinski definition) is 2. The van der Waals surface area contributed by atoms with Gasteiger partial charge in [-0.3, -0.25) is 0 Å². The first-order valence-corrected chi connectivity index (χ1v) is 6.31. The number of nitrogens with two attached hydrogens (primary N) is 1. The Morgan fingerprint density at radius 3 is 2.39 bits per heavy atom. The minimum absolute atomic E-state index is 0.131. The second-order valence-electron chi connectivity index (χ2n) is 4.66. The van der Waals surface area contributed by atoms with Crippen molar-refractivity contribution in [2.75, 3.05) is 0 Å². The van der Waals surface area contributed by atoms with Gasteiger partial charge in [-0.2, -0.15) is 0 Å². The molecule has 0 heterocycles. The highest BCUT2D eigenvalue weighted by Crippen LogP contribution is 2.14. The fourth-order valence-corrected chi connectivity index (χ4v) is 2.08. The minimum atomic E-state index is 0.131. The van der Waals surface area contributed by atoms with Crippen LogP contribution in [0.15, 0.2) is 54.6 Å². The number of benzene rings is 2. The molecule has 1 atom stereocenters. The lowest BCUT2D eigenvalue weighted by molar-refractivity contribution is 0.474. The zero-order chi connectivity index (χ0) is 12.8. The van der Waals surface area contributed by atoms with Crippen LogP contribution in [0.4, 0.5) is 0 Å². The molecule has 0 amide bonds. The Bertz CT molecular complexity index is 481. The standard InChI is InChI=1S/C16H19NO/c17-15(10-9-13-5-2-1-3-6-13)11-14-7-4-8-16(18)12-14/h1-8,12,15,18H,9-11,17H2. The molecule has 1 unspecified atom stereocenters. The molecule has 3 N–H and O–H groups in total. The van der Waals surface area contributed by atoms with Gasteiger partial charge in [-0.05, 0) is 42.5 Å². The van der Waals surface area contributed by atoms with Gasteiger partial charge in [0, 0.05) is 6.04 Å². The first-order chi connectivity index (χ1) is 8.74. The number of aromatic hydroxyl groups is 1. The summed E-state index contributed by atoms with van der Waals surface area (Å²) in [5, 5.41) is 9.39. The van der Waals surface area contributed by atoms with Gasteiger partial charge in [0.15, 0.2) is 0 Å². The highest BCUT2D eigenvalue weighted by atomic mass is 16.3. The molecule has 0 spiro atoms. The van der Waals surface area contributed by atoms with E-state index in [0.717, 1.165) is 24.8 Å². The van der Waals surface area contributed by atoms with Crippen molar-refractivity contribution in [2.45, 2.75) is 25.3 Å². The maximum atomic E-state index is 9.39. The SMILES string of the molecule is NC(CCc1ccccc1)Cc1cccc(O)c1. The lowest BCUT2D eigenvalue weighted by Crippen LogP contribution is -2.23. The van der Waals surface area contributed by atoms with E-state index >= 15 is 0 Å². The maximum Gasteiger partial charge on any atom is 0.115 e. The van der Waals surface area contributed by atoms with Crippen LogP contribution >= 0.6 is 0 Å². The number of phenolic OH excluding ortho intramolecular Hbond substituents is 1. The first-order valence-electron chi connectivity index (χ1n) is 6.31. The second kappa shape index (κ2) is 6.22. The molecule has 18 heavy (non-hydrogen) atoms. The highest BCUT2D eigenvalue weighted by molar-refractivity contribution is 5.27. The monoisotopic (exact) mass is 241 g/mol. The summed E-state index contributed by atoms with van der Waals surface area (Å²) >= 11 is 0. The molecular weight excluding hydrogens is 222 g/mol. The number of phenols is 1. The van der Waals surface area contributed by atoms with Gasteiger partial charge in [-0.25, -0.2) is 0 Å². The van der Waals surface area contributed by atoms with Crippen molar-refractivity contribution in [3.8, 4) is 5.75 Å². The summed E-state index contributed by atoms with van der Waals surface area (Å²) in [6.07, 6.45) is 2.77. The van der Waals surface area contributed by atoms with E-state index in [-0.39, 0.29) is 6.04 Å². The van der Waals surface area contributed by atoms with E-state index < -0.39 is 0 Å². The zero-order valence-corrected chi connectivity index (χ0v) is 10.4. The van der Waals surface area contributed by atoms with Gasteiger partial charge in [0.25, 0.3) is 0 Å². The number of hydrogen-bond acceptors (Lipinski definition) is 2. The molecular formula is C16H19NO. The molecule has 2 rings (SSSR count). The van der Waals surface area contributed by atoms with Crippen LogP contribution in [0.2, 0.25) is 0 Å². The average molecular weight is 241 g/mol. The lowest BCUT2D eigenvalue weighted by atomic mass is 10.00. The molecule has 0 bridgehead atoms. The second-order valence-corrected chi connectivity index (χ2v) is 4.66. The zero-order valence-electron chi connectivity index (χ0n) is 10.4. The number of aryl methyl sites for hydroxylation is 1. The van der Waals surface area contributed by atoms with Crippen molar-refractivity contribution in [1.82, 2.24) is 0 Å². The molecule has 0 aliphatic heterocycles. The van der Waals surface area contributed by atoms with Gasteiger partial charge in [-0.15, -0.1) is 0 Å². The summed E-state index contributed by atoms with van der Waals surface area (Å²) in [6.45, 7) is 0. The van der Waals surface area contributed by atoms with Crippen molar-refractivity contribution in [2.24, 2.45) is 5.73 Å². The Morgan fingerprint density at radius 1 is 0.944 bits per heavy atom. The topological polar surface area (TPSA) is 46.2 Å². The van der Waals surface area contributed by atoms with E-state index in [1.165, 1.54) is 5.56 Å². The Morgan fingerprint density at radius 2 is 1.67 bits per heavy atom. The van der Waals surface area contributed by atoms with Crippen LogP contribution in [-0.4, -0.2) is 11.1 Å². The lowest BCUT2D eigenvalue weighted by Gasteiger charge is -2.11. The van der Waals surface area contributed by atoms with Gasteiger partial charge < -0.3 is 10.8 Å². The largest absolute Gasteiger partial charge is 0.508 e. The third-order valence-electron chi connectivity index (χ3n) is 3.06. The Labute approximate surface area is 108 Å². The molecule has 2 aromatic rings. The van der Waals surface area contributed by atoms with Crippen LogP contribution in [0.3, 0.4) is 0 Å². The molecule has 94 valence electrons. The minimum Gasteiger partial charge on any atom is -0.508 e. The van der Waals surface area contributed by atoms with Crippen LogP contribution in [0.1, 0.15) is 17.5 Å². The fraction of sp³-hybridized carbons (Fsp3) is 0.250. The van der Waals surface area contributed by atoms with E-state index in [4.69, 9.17) is 5.73 Å². The summed E-state index contributed by atoms with van der Waals surface area (Å²) < 4.78 is 0. The molecule has 2 nitrogen and oxygen atoms in total. The van der Waals surface area contributed by atoms with E-state index in [9.17, 15) is 5.11 Å². The predicted octanol–water partition coefficient (Wildman–Crippen LogP) is 2.89. The molecule has 0 aliphatic rings. The molecule has 2 heteroatoms. The van der Waals surface area contributed by atoms with E-state index in [0.29, 0.717) is 5.75 Å². The molecule has 0 saturated carbocycles. The summed E-state index contributed by atoms with van der Waals surface area (Å²) in [5.41, 5.74) is 8.54. The van der Waals surface area contributed by atoms with E-state index in [2.05, 4.69) is 24.3 Å². The van der Waals surface area contributed by atoms with Gasteiger partial charge in [0.05, 0.1) is 0 Å². The third kappa shape index (κ3) is 3.90.